The Balaban J connectivity index is 1.30. The summed E-state index contributed by atoms with van der Waals surface area (Å²) in [6.45, 7) is 6.09. The quantitative estimate of drug-likeness (QED) is 0.472. The first-order chi connectivity index (χ1) is 17.2. The summed E-state index contributed by atoms with van der Waals surface area (Å²) in [7, 11) is -3.65. The van der Waals surface area contributed by atoms with E-state index in [1.54, 1.807) is 23.5 Å². The van der Waals surface area contributed by atoms with Crippen molar-refractivity contribution in [1.29, 1.82) is 0 Å². The molecule has 0 aliphatic carbocycles. The fourth-order valence-electron chi connectivity index (χ4n) is 5.22. The molecular weight excluding hydrogens is 514 g/mol. The van der Waals surface area contributed by atoms with Crippen molar-refractivity contribution in [3.63, 3.8) is 0 Å². The lowest BCUT2D eigenvalue weighted by molar-refractivity contribution is -0.135. The van der Waals surface area contributed by atoms with Gasteiger partial charge in [-0.1, -0.05) is 41.4 Å². The largest absolute Gasteiger partial charge is 0.339 e. The third kappa shape index (κ3) is 4.97. The van der Waals surface area contributed by atoms with E-state index in [1.807, 2.05) is 11.8 Å². The molecule has 2 atom stereocenters. The molecule has 1 amide bonds. The second kappa shape index (κ2) is 10.3. The van der Waals surface area contributed by atoms with E-state index >= 15 is 0 Å². The molecule has 0 bridgehead atoms. The van der Waals surface area contributed by atoms with Crippen molar-refractivity contribution < 1.29 is 13.2 Å². The normalized spacial score (nSPS) is 21.4. The molecule has 2 aliphatic rings. The number of benzene rings is 2. The van der Waals surface area contributed by atoms with Gasteiger partial charge in [-0.2, -0.15) is 4.31 Å². The minimum absolute atomic E-state index is 0.0428. The standard InChI is InChI=1S/C27H30ClN3O3S2/c1-19-3-5-21(6-4-19)27-24-12-16-35-25(24)11-13-30(27)18-26(32)29-14-15-31(20(2)17-29)36(33,34)23-9-7-22(28)8-10-23/h3-10,12,16,20,27H,11,13-15,17-18H2,1-2H3/t20-,27-/m0/s1. The van der Waals surface area contributed by atoms with Crippen molar-refractivity contribution in [3.8, 4) is 0 Å². The number of sulfonamides is 1. The van der Waals surface area contributed by atoms with Crippen LogP contribution in [-0.2, 0) is 21.2 Å². The molecule has 5 rings (SSSR count). The van der Waals surface area contributed by atoms with E-state index in [0.717, 1.165) is 13.0 Å². The molecule has 0 spiro atoms. The molecular formula is C27H30ClN3O3S2. The second-order valence-electron chi connectivity index (χ2n) is 9.59. The number of carbonyl (C=O) groups excluding carboxylic acids is 1. The Morgan fingerprint density at radius 3 is 2.44 bits per heavy atom. The Kier molecular flexibility index (Phi) is 7.25. The molecule has 0 N–H and O–H groups in total. The van der Waals surface area contributed by atoms with Crippen molar-refractivity contribution in [1.82, 2.24) is 14.1 Å². The van der Waals surface area contributed by atoms with E-state index in [2.05, 4.69) is 47.5 Å². The molecule has 190 valence electrons. The Morgan fingerprint density at radius 1 is 1.03 bits per heavy atom. The number of piperazine rings is 1. The minimum Gasteiger partial charge on any atom is -0.339 e. The van der Waals surface area contributed by atoms with Gasteiger partial charge in [0.15, 0.2) is 0 Å². The fourth-order valence-corrected chi connectivity index (χ4v) is 7.86. The zero-order valence-electron chi connectivity index (χ0n) is 20.4. The summed E-state index contributed by atoms with van der Waals surface area (Å²) in [5.41, 5.74) is 3.69. The van der Waals surface area contributed by atoms with Gasteiger partial charge in [0.1, 0.15) is 0 Å². The third-order valence-electron chi connectivity index (χ3n) is 7.14. The van der Waals surface area contributed by atoms with Gasteiger partial charge in [0.2, 0.25) is 15.9 Å². The Hall–Kier alpha value is -2.23. The number of hydrogen-bond acceptors (Lipinski definition) is 5. The molecule has 3 aromatic rings. The molecule has 0 unspecified atom stereocenters. The summed E-state index contributed by atoms with van der Waals surface area (Å²) in [5.74, 6) is 0.0428. The molecule has 1 saturated heterocycles. The second-order valence-corrected chi connectivity index (χ2v) is 12.9. The molecule has 1 fully saturated rings. The lowest BCUT2D eigenvalue weighted by Gasteiger charge is -2.41. The Bertz CT molecular complexity index is 1340. The number of aryl methyl sites for hydroxylation is 1. The maximum Gasteiger partial charge on any atom is 0.243 e. The summed E-state index contributed by atoms with van der Waals surface area (Å²) in [6.07, 6.45) is 0.937. The zero-order valence-corrected chi connectivity index (χ0v) is 22.8. The molecule has 3 heterocycles. The number of nitrogens with zero attached hydrogens (tertiary/aromatic N) is 3. The van der Waals surface area contributed by atoms with E-state index in [4.69, 9.17) is 11.6 Å². The Labute approximate surface area is 222 Å². The van der Waals surface area contributed by atoms with Crippen LogP contribution in [0.1, 0.15) is 34.5 Å². The van der Waals surface area contributed by atoms with Crippen molar-refractivity contribution >= 4 is 38.9 Å². The van der Waals surface area contributed by atoms with Crippen molar-refractivity contribution in [2.75, 3.05) is 32.7 Å². The van der Waals surface area contributed by atoms with Crippen LogP contribution in [0, 0.1) is 6.92 Å². The maximum absolute atomic E-state index is 13.5. The highest BCUT2D eigenvalue weighted by molar-refractivity contribution is 7.89. The fraction of sp³-hybridized carbons (Fsp3) is 0.370. The number of thiophene rings is 1. The number of halogens is 1. The van der Waals surface area contributed by atoms with Crippen LogP contribution in [0.25, 0.3) is 0 Å². The number of hydrogen-bond donors (Lipinski definition) is 0. The first-order valence-electron chi connectivity index (χ1n) is 12.2. The SMILES string of the molecule is Cc1ccc([C@H]2c3ccsc3CCN2CC(=O)N2CCN(S(=O)(=O)c3ccc(Cl)cc3)[C@@H](C)C2)cc1. The summed E-state index contributed by atoms with van der Waals surface area (Å²) in [5, 5.41) is 2.63. The predicted octanol–water partition coefficient (Wildman–Crippen LogP) is 4.58. The average Bonchev–Trinajstić information content (AvgIpc) is 3.33. The van der Waals surface area contributed by atoms with E-state index < -0.39 is 10.0 Å². The molecule has 6 nitrogen and oxygen atoms in total. The first kappa shape index (κ1) is 25.4. The first-order valence-corrected chi connectivity index (χ1v) is 14.9. The van der Waals surface area contributed by atoms with Crippen molar-refractivity contribution in [3.05, 3.63) is 86.6 Å². The summed E-state index contributed by atoms with van der Waals surface area (Å²) in [6, 6.07) is 16.7. The van der Waals surface area contributed by atoms with Gasteiger partial charge in [0, 0.05) is 42.1 Å². The number of rotatable bonds is 5. The van der Waals surface area contributed by atoms with Crippen molar-refractivity contribution in [2.45, 2.75) is 37.2 Å². The van der Waals surface area contributed by atoms with Gasteiger partial charge in [0.25, 0.3) is 0 Å². The van der Waals surface area contributed by atoms with Gasteiger partial charge in [-0.05, 0) is 67.1 Å². The predicted molar refractivity (Wildman–Crippen MR) is 144 cm³/mol. The minimum atomic E-state index is -3.65. The maximum atomic E-state index is 13.5. The van der Waals surface area contributed by atoms with Crippen LogP contribution in [0.2, 0.25) is 5.02 Å². The molecule has 2 aliphatic heterocycles. The van der Waals surface area contributed by atoms with Crippen LogP contribution in [0.5, 0.6) is 0 Å². The van der Waals surface area contributed by atoms with E-state index in [1.165, 1.54) is 38.0 Å². The third-order valence-corrected chi connectivity index (χ3v) is 10.4. The molecule has 36 heavy (non-hydrogen) atoms. The van der Waals surface area contributed by atoms with Crippen LogP contribution in [0.3, 0.4) is 0 Å². The van der Waals surface area contributed by atoms with Crippen LogP contribution in [-0.4, -0.2) is 67.2 Å². The van der Waals surface area contributed by atoms with Gasteiger partial charge in [-0.15, -0.1) is 11.3 Å². The topological polar surface area (TPSA) is 60.9 Å². The smallest absolute Gasteiger partial charge is 0.243 e. The van der Waals surface area contributed by atoms with Crippen LogP contribution in [0.15, 0.2) is 64.9 Å². The van der Waals surface area contributed by atoms with Gasteiger partial charge >= 0.3 is 0 Å². The Morgan fingerprint density at radius 2 is 1.75 bits per heavy atom. The summed E-state index contributed by atoms with van der Waals surface area (Å²) < 4.78 is 27.9. The number of fused-ring (bicyclic) bond motifs is 1. The monoisotopic (exact) mass is 543 g/mol. The highest BCUT2D eigenvalue weighted by Crippen LogP contribution is 2.37. The van der Waals surface area contributed by atoms with Crippen LogP contribution >= 0.6 is 22.9 Å². The lowest BCUT2D eigenvalue weighted by atomic mass is 9.92. The van der Waals surface area contributed by atoms with Crippen molar-refractivity contribution in [2.24, 2.45) is 0 Å². The van der Waals surface area contributed by atoms with Gasteiger partial charge in [-0.25, -0.2) is 8.42 Å². The van der Waals surface area contributed by atoms with Gasteiger partial charge in [-0.3, -0.25) is 9.69 Å². The lowest BCUT2D eigenvalue weighted by Crippen LogP contribution is -2.57. The summed E-state index contributed by atoms with van der Waals surface area (Å²) >= 11 is 7.72. The average molecular weight is 544 g/mol. The zero-order chi connectivity index (χ0) is 25.4. The van der Waals surface area contributed by atoms with E-state index in [0.29, 0.717) is 24.7 Å². The van der Waals surface area contributed by atoms with Crippen LogP contribution < -0.4 is 0 Å². The van der Waals surface area contributed by atoms with Gasteiger partial charge in [0.05, 0.1) is 17.5 Å². The molecule has 0 radical (unpaired) electrons. The molecule has 1 aromatic heterocycles. The number of carbonyl (C=O) groups is 1. The number of amides is 1. The highest BCUT2D eigenvalue weighted by atomic mass is 35.5. The highest BCUT2D eigenvalue weighted by Gasteiger charge is 2.37. The molecule has 9 heteroatoms. The van der Waals surface area contributed by atoms with Gasteiger partial charge < -0.3 is 4.90 Å². The molecule has 0 saturated carbocycles. The van der Waals surface area contributed by atoms with E-state index in [-0.39, 0.29) is 29.4 Å². The summed E-state index contributed by atoms with van der Waals surface area (Å²) in [4.78, 5) is 19.2. The van der Waals surface area contributed by atoms with Crippen LogP contribution in [0.4, 0.5) is 0 Å². The van der Waals surface area contributed by atoms with E-state index in [9.17, 15) is 13.2 Å². The molecule has 2 aromatic carbocycles.